The van der Waals surface area contributed by atoms with Gasteiger partial charge in [-0.2, -0.15) is 0 Å². The second kappa shape index (κ2) is 9.23. The molecule has 3 nitrogen and oxygen atoms in total. The van der Waals surface area contributed by atoms with E-state index < -0.39 is 0 Å². The highest BCUT2D eigenvalue weighted by Crippen LogP contribution is 2.10. The molecule has 0 fully saturated rings. The Morgan fingerprint density at radius 2 is 2.00 bits per heavy atom. The fourth-order valence-electron chi connectivity index (χ4n) is 2.16. The van der Waals surface area contributed by atoms with Crippen LogP contribution in [0.3, 0.4) is 0 Å². The third-order valence-electron chi connectivity index (χ3n) is 3.31. The van der Waals surface area contributed by atoms with Crippen LogP contribution in [0.5, 0.6) is 0 Å². The number of likely N-dealkylation sites (N-methyl/N-ethyl adjacent to an activating group) is 1. The van der Waals surface area contributed by atoms with E-state index >= 15 is 0 Å². The minimum atomic E-state index is 0.562. The molecule has 1 aromatic heterocycles. The molecule has 1 unspecified atom stereocenters. The summed E-state index contributed by atoms with van der Waals surface area (Å²) in [5, 5.41) is 3.38. The summed E-state index contributed by atoms with van der Waals surface area (Å²) in [4.78, 5) is 7.45. The summed E-state index contributed by atoms with van der Waals surface area (Å²) in [5.41, 5.74) is 0. The van der Waals surface area contributed by atoms with Crippen molar-refractivity contribution in [2.75, 3.05) is 7.05 Å². The van der Waals surface area contributed by atoms with Crippen LogP contribution in [0.15, 0.2) is 12.4 Å². The van der Waals surface area contributed by atoms with Gasteiger partial charge >= 0.3 is 0 Å². The van der Waals surface area contributed by atoms with Crippen molar-refractivity contribution >= 4 is 0 Å². The van der Waals surface area contributed by atoms with Crippen LogP contribution in [0.2, 0.25) is 0 Å². The molecule has 0 radical (unpaired) electrons. The Morgan fingerprint density at radius 3 is 2.65 bits per heavy atom. The number of H-pyrrole nitrogens is 1. The molecule has 0 amide bonds. The SMILES string of the molecule is CCCCCCCCC(Cc1ncc[nH]1)NC. The van der Waals surface area contributed by atoms with Crippen LogP contribution >= 0.6 is 0 Å². The Hall–Kier alpha value is -0.830. The number of hydrogen-bond acceptors (Lipinski definition) is 2. The lowest BCUT2D eigenvalue weighted by molar-refractivity contribution is 0.473. The number of unbranched alkanes of at least 4 members (excludes halogenated alkanes) is 5. The Labute approximate surface area is 105 Å². The largest absolute Gasteiger partial charge is 0.349 e. The van der Waals surface area contributed by atoms with Crippen LogP contribution in [-0.2, 0) is 6.42 Å². The maximum atomic E-state index is 4.28. The summed E-state index contributed by atoms with van der Waals surface area (Å²) >= 11 is 0. The second-order valence-electron chi connectivity index (χ2n) is 4.78. The molecule has 1 rings (SSSR count). The smallest absolute Gasteiger partial charge is 0.107 e. The van der Waals surface area contributed by atoms with E-state index in [0.717, 1.165) is 12.2 Å². The zero-order valence-corrected chi connectivity index (χ0v) is 11.3. The molecule has 3 heteroatoms. The van der Waals surface area contributed by atoms with Gasteiger partial charge in [0.25, 0.3) is 0 Å². The minimum absolute atomic E-state index is 0.562. The molecule has 0 saturated heterocycles. The van der Waals surface area contributed by atoms with E-state index in [1.165, 1.54) is 44.9 Å². The van der Waals surface area contributed by atoms with Gasteiger partial charge in [0, 0.05) is 24.9 Å². The van der Waals surface area contributed by atoms with Crippen molar-refractivity contribution in [2.45, 2.75) is 64.3 Å². The van der Waals surface area contributed by atoms with Crippen LogP contribution in [0.25, 0.3) is 0 Å². The van der Waals surface area contributed by atoms with E-state index in [1.807, 2.05) is 19.4 Å². The van der Waals surface area contributed by atoms with E-state index in [-0.39, 0.29) is 0 Å². The zero-order chi connectivity index (χ0) is 12.3. The molecule has 1 atom stereocenters. The minimum Gasteiger partial charge on any atom is -0.349 e. The number of nitrogens with one attached hydrogen (secondary N) is 2. The third kappa shape index (κ3) is 6.47. The van der Waals surface area contributed by atoms with E-state index in [2.05, 4.69) is 22.2 Å². The summed E-state index contributed by atoms with van der Waals surface area (Å²) in [6, 6.07) is 0.562. The fourth-order valence-corrected chi connectivity index (χ4v) is 2.16. The highest BCUT2D eigenvalue weighted by atomic mass is 14.9. The van der Waals surface area contributed by atoms with Crippen molar-refractivity contribution in [1.82, 2.24) is 15.3 Å². The molecule has 0 aliphatic rings. The van der Waals surface area contributed by atoms with E-state index in [4.69, 9.17) is 0 Å². The monoisotopic (exact) mass is 237 g/mol. The molecular weight excluding hydrogens is 210 g/mol. The first kappa shape index (κ1) is 14.2. The molecule has 0 spiro atoms. The van der Waals surface area contributed by atoms with Crippen molar-refractivity contribution in [3.05, 3.63) is 18.2 Å². The average Bonchev–Trinajstić information content (AvgIpc) is 2.85. The van der Waals surface area contributed by atoms with Crippen LogP contribution in [0, 0.1) is 0 Å². The summed E-state index contributed by atoms with van der Waals surface area (Å²) in [6.07, 6.45) is 14.2. The van der Waals surface area contributed by atoms with Crippen LogP contribution in [0.4, 0.5) is 0 Å². The van der Waals surface area contributed by atoms with Gasteiger partial charge in [0.1, 0.15) is 5.82 Å². The molecule has 0 aliphatic carbocycles. The van der Waals surface area contributed by atoms with Crippen LogP contribution < -0.4 is 5.32 Å². The molecule has 17 heavy (non-hydrogen) atoms. The highest BCUT2D eigenvalue weighted by molar-refractivity contribution is 4.90. The molecule has 2 N–H and O–H groups in total. The lowest BCUT2D eigenvalue weighted by Crippen LogP contribution is -2.27. The summed E-state index contributed by atoms with van der Waals surface area (Å²) in [7, 11) is 2.05. The molecular formula is C14H27N3. The van der Waals surface area contributed by atoms with Gasteiger partial charge in [-0.15, -0.1) is 0 Å². The number of aromatic amines is 1. The maximum absolute atomic E-state index is 4.28. The van der Waals surface area contributed by atoms with Gasteiger partial charge in [-0.1, -0.05) is 45.4 Å². The number of nitrogens with zero attached hydrogens (tertiary/aromatic N) is 1. The number of rotatable bonds is 10. The zero-order valence-electron chi connectivity index (χ0n) is 11.3. The maximum Gasteiger partial charge on any atom is 0.107 e. The number of aromatic nitrogens is 2. The van der Waals surface area contributed by atoms with Crippen molar-refractivity contribution in [3.63, 3.8) is 0 Å². The first-order valence-corrected chi connectivity index (χ1v) is 7.02. The lowest BCUT2D eigenvalue weighted by Gasteiger charge is -2.14. The number of imidazole rings is 1. The molecule has 1 heterocycles. The van der Waals surface area contributed by atoms with Crippen molar-refractivity contribution in [1.29, 1.82) is 0 Å². The van der Waals surface area contributed by atoms with Gasteiger partial charge in [0.05, 0.1) is 0 Å². The lowest BCUT2D eigenvalue weighted by atomic mass is 10.0. The summed E-state index contributed by atoms with van der Waals surface area (Å²) in [6.45, 7) is 2.26. The molecule has 98 valence electrons. The van der Waals surface area contributed by atoms with Gasteiger partial charge in [0.15, 0.2) is 0 Å². The van der Waals surface area contributed by atoms with Gasteiger partial charge in [0.2, 0.25) is 0 Å². The molecule has 0 saturated carbocycles. The van der Waals surface area contributed by atoms with Gasteiger partial charge in [-0.05, 0) is 13.5 Å². The van der Waals surface area contributed by atoms with Gasteiger partial charge in [-0.3, -0.25) is 0 Å². The first-order chi connectivity index (χ1) is 8.36. The third-order valence-corrected chi connectivity index (χ3v) is 3.31. The fraction of sp³-hybridized carbons (Fsp3) is 0.786. The van der Waals surface area contributed by atoms with Crippen LogP contribution in [0.1, 0.15) is 57.7 Å². The quantitative estimate of drug-likeness (QED) is 0.613. The predicted octanol–water partition coefficient (Wildman–Crippen LogP) is 3.29. The summed E-state index contributed by atoms with van der Waals surface area (Å²) in [5.74, 6) is 1.09. The number of hydrogen-bond donors (Lipinski definition) is 2. The predicted molar refractivity (Wildman–Crippen MR) is 73.1 cm³/mol. The van der Waals surface area contributed by atoms with Crippen molar-refractivity contribution in [3.8, 4) is 0 Å². The Balaban J connectivity index is 2.06. The molecule has 0 aromatic carbocycles. The van der Waals surface area contributed by atoms with Gasteiger partial charge in [-0.25, -0.2) is 4.98 Å². The van der Waals surface area contributed by atoms with E-state index in [9.17, 15) is 0 Å². The van der Waals surface area contributed by atoms with E-state index in [0.29, 0.717) is 6.04 Å². The standard InChI is InChI=1S/C14H27N3/c1-3-4-5-6-7-8-9-13(15-2)12-14-16-10-11-17-14/h10-11,13,15H,3-9,12H2,1-2H3,(H,16,17). The topological polar surface area (TPSA) is 40.7 Å². The van der Waals surface area contributed by atoms with Crippen molar-refractivity contribution < 1.29 is 0 Å². The molecule has 0 bridgehead atoms. The second-order valence-corrected chi connectivity index (χ2v) is 4.78. The normalized spacial score (nSPS) is 12.8. The van der Waals surface area contributed by atoms with Crippen LogP contribution in [-0.4, -0.2) is 23.1 Å². The van der Waals surface area contributed by atoms with Crippen molar-refractivity contribution in [2.24, 2.45) is 0 Å². The highest BCUT2D eigenvalue weighted by Gasteiger charge is 2.08. The summed E-state index contributed by atoms with van der Waals surface area (Å²) < 4.78 is 0. The van der Waals surface area contributed by atoms with Gasteiger partial charge < -0.3 is 10.3 Å². The average molecular weight is 237 g/mol. The van der Waals surface area contributed by atoms with E-state index in [1.54, 1.807) is 0 Å². The Kier molecular flexibility index (Phi) is 7.72. The molecule has 1 aromatic rings. The molecule has 0 aliphatic heterocycles. The Bertz CT molecular complexity index is 256. The first-order valence-electron chi connectivity index (χ1n) is 7.02. The Morgan fingerprint density at radius 1 is 1.24 bits per heavy atom.